The molecule has 1 rings (SSSR count). The zero-order valence-corrected chi connectivity index (χ0v) is 8.54. The molecule has 0 unspecified atom stereocenters. The fourth-order valence-electron chi connectivity index (χ4n) is 1.42. The molecule has 1 aromatic carbocycles. The van der Waals surface area contributed by atoms with Crippen LogP contribution in [0, 0.1) is 6.92 Å². The second kappa shape index (κ2) is 4.66. The lowest BCUT2D eigenvalue weighted by atomic mass is 10.0. The summed E-state index contributed by atoms with van der Waals surface area (Å²) in [6.45, 7) is 6.23. The largest absolute Gasteiger partial charge is 0.0870 e. The van der Waals surface area contributed by atoms with Crippen LogP contribution in [0.15, 0.2) is 30.4 Å². The van der Waals surface area contributed by atoms with Gasteiger partial charge in [0.25, 0.3) is 0 Å². The summed E-state index contributed by atoms with van der Waals surface area (Å²) < 4.78 is 0. The minimum Gasteiger partial charge on any atom is -0.0870 e. The highest BCUT2D eigenvalue weighted by Gasteiger charge is 1.97. The van der Waals surface area contributed by atoms with Crippen LogP contribution in [0.1, 0.15) is 30.5 Å². The van der Waals surface area contributed by atoms with Gasteiger partial charge in [-0.1, -0.05) is 42.5 Å². The molecule has 0 atom stereocenters. The molecule has 0 fully saturated rings. The van der Waals surface area contributed by atoms with Gasteiger partial charge in [-0.2, -0.15) is 0 Å². The van der Waals surface area contributed by atoms with Crippen molar-refractivity contribution >= 4 is 12.2 Å². The topological polar surface area (TPSA) is 0 Å². The van der Waals surface area contributed by atoms with E-state index in [9.17, 15) is 0 Å². The van der Waals surface area contributed by atoms with Gasteiger partial charge in [0, 0.05) is 0 Å². The predicted molar refractivity (Wildman–Crippen MR) is 60.6 cm³/mol. The Hall–Kier alpha value is -1.30. The minimum absolute atomic E-state index is 1.29. The lowest BCUT2D eigenvalue weighted by Gasteiger charge is -2.04. The van der Waals surface area contributed by atoms with Crippen molar-refractivity contribution in [2.75, 3.05) is 0 Å². The van der Waals surface area contributed by atoms with Crippen molar-refractivity contribution in [2.45, 2.75) is 20.8 Å². The second-order valence-electron chi connectivity index (χ2n) is 3.08. The van der Waals surface area contributed by atoms with E-state index in [1.807, 2.05) is 13.8 Å². The highest BCUT2D eigenvalue weighted by molar-refractivity contribution is 5.67. The van der Waals surface area contributed by atoms with Gasteiger partial charge in [0.15, 0.2) is 0 Å². The molecule has 0 spiro atoms. The number of aryl methyl sites for hydroxylation is 1. The van der Waals surface area contributed by atoms with Crippen molar-refractivity contribution in [1.29, 1.82) is 0 Å². The lowest BCUT2D eigenvalue weighted by Crippen LogP contribution is -1.84. The molecule has 0 saturated carbocycles. The predicted octanol–water partition coefficient (Wildman–Crippen LogP) is 4.06. The van der Waals surface area contributed by atoms with Crippen LogP contribution in [0.25, 0.3) is 12.2 Å². The molecule has 68 valence electrons. The number of benzene rings is 1. The lowest BCUT2D eigenvalue weighted by molar-refractivity contribution is 1.42. The van der Waals surface area contributed by atoms with Crippen LogP contribution < -0.4 is 0 Å². The molecule has 0 heteroatoms. The third kappa shape index (κ3) is 2.32. The van der Waals surface area contributed by atoms with Crippen molar-refractivity contribution in [3.63, 3.8) is 0 Å². The van der Waals surface area contributed by atoms with E-state index in [-0.39, 0.29) is 0 Å². The van der Waals surface area contributed by atoms with Crippen LogP contribution in [0.5, 0.6) is 0 Å². The molecular formula is C13H16. The highest BCUT2D eigenvalue weighted by atomic mass is 14.0. The highest BCUT2D eigenvalue weighted by Crippen LogP contribution is 2.17. The average molecular weight is 172 g/mol. The van der Waals surface area contributed by atoms with Crippen LogP contribution in [-0.2, 0) is 0 Å². The van der Waals surface area contributed by atoms with Crippen molar-refractivity contribution < 1.29 is 0 Å². The van der Waals surface area contributed by atoms with Gasteiger partial charge in [-0.3, -0.25) is 0 Å². The first kappa shape index (κ1) is 9.79. The summed E-state index contributed by atoms with van der Waals surface area (Å²) in [5.41, 5.74) is 3.94. The van der Waals surface area contributed by atoms with Crippen LogP contribution in [0.3, 0.4) is 0 Å². The molecule has 0 radical (unpaired) electrons. The van der Waals surface area contributed by atoms with Gasteiger partial charge in [0.1, 0.15) is 0 Å². The summed E-state index contributed by atoms with van der Waals surface area (Å²) in [7, 11) is 0. The summed E-state index contributed by atoms with van der Waals surface area (Å²) in [6, 6.07) is 6.38. The Morgan fingerprint density at radius 2 is 1.69 bits per heavy atom. The van der Waals surface area contributed by atoms with E-state index in [1.165, 1.54) is 16.7 Å². The van der Waals surface area contributed by atoms with E-state index < -0.39 is 0 Å². The maximum atomic E-state index is 2.16. The van der Waals surface area contributed by atoms with Gasteiger partial charge in [-0.25, -0.2) is 0 Å². The Kier molecular flexibility index (Phi) is 3.51. The van der Waals surface area contributed by atoms with Gasteiger partial charge >= 0.3 is 0 Å². The smallest absolute Gasteiger partial charge is 0.0158 e. The van der Waals surface area contributed by atoms with Crippen LogP contribution in [-0.4, -0.2) is 0 Å². The van der Waals surface area contributed by atoms with Crippen molar-refractivity contribution in [3.8, 4) is 0 Å². The normalized spacial score (nSPS) is 11.6. The van der Waals surface area contributed by atoms with Crippen molar-refractivity contribution in [1.82, 2.24) is 0 Å². The first-order valence-electron chi connectivity index (χ1n) is 4.64. The van der Waals surface area contributed by atoms with Crippen LogP contribution in [0.4, 0.5) is 0 Å². The minimum atomic E-state index is 1.29. The average Bonchev–Trinajstić information content (AvgIpc) is 2.11. The molecular weight excluding hydrogens is 156 g/mol. The Morgan fingerprint density at radius 3 is 2.31 bits per heavy atom. The SMILES string of the molecule is CC=Cc1cccc(C)c1C=CC. The first-order valence-corrected chi connectivity index (χ1v) is 4.64. The molecule has 13 heavy (non-hydrogen) atoms. The third-order valence-electron chi connectivity index (χ3n) is 2.04. The Balaban J connectivity index is 3.25. The zero-order valence-electron chi connectivity index (χ0n) is 8.54. The number of hydrogen-bond acceptors (Lipinski definition) is 0. The molecule has 0 bridgehead atoms. The molecule has 0 aliphatic carbocycles. The van der Waals surface area contributed by atoms with E-state index in [1.54, 1.807) is 0 Å². The standard InChI is InChI=1S/C13H16/c1-4-7-12-10-6-9-11(3)13(12)8-5-2/h4-10H,1-3H3. The fourth-order valence-corrected chi connectivity index (χ4v) is 1.42. The van der Waals surface area contributed by atoms with Gasteiger partial charge in [0.2, 0.25) is 0 Å². The van der Waals surface area contributed by atoms with Gasteiger partial charge in [-0.15, -0.1) is 0 Å². The van der Waals surface area contributed by atoms with E-state index in [4.69, 9.17) is 0 Å². The molecule has 0 heterocycles. The van der Waals surface area contributed by atoms with Crippen molar-refractivity contribution in [3.05, 3.63) is 47.0 Å². The van der Waals surface area contributed by atoms with E-state index >= 15 is 0 Å². The first-order chi connectivity index (χ1) is 6.29. The van der Waals surface area contributed by atoms with E-state index in [2.05, 4.69) is 49.4 Å². The molecule has 0 N–H and O–H groups in total. The Morgan fingerprint density at radius 1 is 1.00 bits per heavy atom. The molecule has 0 saturated heterocycles. The number of rotatable bonds is 2. The summed E-state index contributed by atoms with van der Waals surface area (Å²) >= 11 is 0. The molecule has 1 aromatic rings. The summed E-state index contributed by atoms with van der Waals surface area (Å²) in [6.07, 6.45) is 8.45. The third-order valence-corrected chi connectivity index (χ3v) is 2.04. The fraction of sp³-hybridized carbons (Fsp3) is 0.231. The number of allylic oxidation sites excluding steroid dienone is 2. The monoisotopic (exact) mass is 172 g/mol. The van der Waals surface area contributed by atoms with E-state index in [0.717, 1.165) is 0 Å². The summed E-state index contributed by atoms with van der Waals surface area (Å²) in [5, 5.41) is 0. The van der Waals surface area contributed by atoms with E-state index in [0.29, 0.717) is 0 Å². The maximum Gasteiger partial charge on any atom is -0.0158 e. The molecule has 0 aliphatic heterocycles. The van der Waals surface area contributed by atoms with Gasteiger partial charge in [0.05, 0.1) is 0 Å². The quantitative estimate of drug-likeness (QED) is 0.631. The molecule has 0 amide bonds. The van der Waals surface area contributed by atoms with Gasteiger partial charge in [-0.05, 0) is 37.5 Å². The second-order valence-corrected chi connectivity index (χ2v) is 3.08. The maximum absolute atomic E-state index is 2.16. The van der Waals surface area contributed by atoms with Crippen molar-refractivity contribution in [2.24, 2.45) is 0 Å². The summed E-state index contributed by atoms with van der Waals surface area (Å²) in [5.74, 6) is 0. The molecule has 0 aromatic heterocycles. The van der Waals surface area contributed by atoms with Crippen LogP contribution >= 0.6 is 0 Å². The summed E-state index contributed by atoms with van der Waals surface area (Å²) in [4.78, 5) is 0. The number of hydrogen-bond donors (Lipinski definition) is 0. The van der Waals surface area contributed by atoms with Gasteiger partial charge < -0.3 is 0 Å². The molecule has 0 aliphatic rings. The Labute approximate surface area is 80.6 Å². The molecule has 0 nitrogen and oxygen atoms in total. The van der Waals surface area contributed by atoms with Crippen LogP contribution in [0.2, 0.25) is 0 Å². The Bertz CT molecular complexity index is 330. The zero-order chi connectivity index (χ0) is 9.68.